The highest BCUT2D eigenvalue weighted by Crippen LogP contribution is 2.26. The summed E-state index contributed by atoms with van der Waals surface area (Å²) in [5.74, 6) is -0.201. The smallest absolute Gasteiger partial charge is 0.230 e. The average Bonchev–Trinajstić information content (AvgIpc) is 3.26. The van der Waals surface area contributed by atoms with Crippen LogP contribution in [0.5, 0.6) is 0 Å². The Morgan fingerprint density at radius 2 is 1.84 bits per heavy atom. The minimum Gasteiger partial charge on any atom is -0.326 e. The number of nitrogens with one attached hydrogen (secondary N) is 2. The lowest BCUT2D eigenvalue weighted by Gasteiger charge is -2.08. The Morgan fingerprint density at radius 3 is 2.52 bits per heavy atom. The standard InChI is InChI=1S/C18H17N3O2S2/c1-2-16(22)19-13-4-3-5-14(8-13)20-17(23)9-15-11-25-18(21-15)12-6-7-24-10-12/h3-8,10-11H,2,9H2,1H3,(H,19,22)(H,20,23). The largest absolute Gasteiger partial charge is 0.326 e. The minimum atomic E-state index is -0.138. The first-order valence-corrected chi connectivity index (χ1v) is 9.63. The van der Waals surface area contributed by atoms with Crippen LogP contribution in [-0.4, -0.2) is 16.8 Å². The summed E-state index contributed by atoms with van der Waals surface area (Å²) >= 11 is 3.16. The molecule has 1 aromatic carbocycles. The number of hydrogen-bond acceptors (Lipinski definition) is 5. The zero-order chi connectivity index (χ0) is 17.6. The lowest BCUT2D eigenvalue weighted by molar-refractivity contribution is -0.116. The van der Waals surface area contributed by atoms with Crippen LogP contribution in [0.25, 0.3) is 10.6 Å². The minimum absolute atomic E-state index is 0.0630. The van der Waals surface area contributed by atoms with Crippen molar-refractivity contribution in [3.63, 3.8) is 0 Å². The van der Waals surface area contributed by atoms with Crippen molar-refractivity contribution in [2.24, 2.45) is 0 Å². The topological polar surface area (TPSA) is 71.1 Å². The lowest BCUT2D eigenvalue weighted by atomic mass is 10.2. The molecule has 3 aromatic rings. The van der Waals surface area contributed by atoms with E-state index in [1.54, 1.807) is 42.5 Å². The number of carbonyl (C=O) groups excluding carboxylic acids is 2. The summed E-state index contributed by atoms with van der Waals surface area (Å²) in [7, 11) is 0. The van der Waals surface area contributed by atoms with Gasteiger partial charge in [0, 0.05) is 34.1 Å². The summed E-state index contributed by atoms with van der Waals surface area (Å²) in [6, 6.07) is 9.12. The van der Waals surface area contributed by atoms with Crippen LogP contribution in [0.2, 0.25) is 0 Å². The van der Waals surface area contributed by atoms with E-state index < -0.39 is 0 Å². The summed E-state index contributed by atoms with van der Waals surface area (Å²) in [4.78, 5) is 28.2. The number of hydrogen-bond donors (Lipinski definition) is 2. The molecule has 7 heteroatoms. The van der Waals surface area contributed by atoms with E-state index in [1.807, 2.05) is 22.2 Å². The molecule has 0 atom stereocenters. The van der Waals surface area contributed by atoms with E-state index >= 15 is 0 Å². The van der Waals surface area contributed by atoms with E-state index in [-0.39, 0.29) is 18.2 Å². The van der Waals surface area contributed by atoms with Crippen molar-refractivity contribution >= 4 is 45.9 Å². The van der Waals surface area contributed by atoms with Crippen molar-refractivity contribution < 1.29 is 9.59 Å². The molecule has 0 radical (unpaired) electrons. The van der Waals surface area contributed by atoms with Crippen LogP contribution < -0.4 is 10.6 Å². The Labute approximate surface area is 153 Å². The predicted molar refractivity (Wildman–Crippen MR) is 103 cm³/mol. The van der Waals surface area contributed by atoms with Gasteiger partial charge in [-0.1, -0.05) is 13.0 Å². The number of thiazole rings is 1. The Hall–Kier alpha value is -2.51. The summed E-state index contributed by atoms with van der Waals surface area (Å²) in [6.07, 6.45) is 0.624. The molecule has 0 fully saturated rings. The van der Waals surface area contributed by atoms with Crippen molar-refractivity contribution in [3.05, 3.63) is 52.2 Å². The van der Waals surface area contributed by atoms with Gasteiger partial charge in [0.25, 0.3) is 0 Å². The molecular formula is C18H17N3O2S2. The fourth-order valence-electron chi connectivity index (χ4n) is 2.20. The van der Waals surface area contributed by atoms with E-state index in [0.29, 0.717) is 17.8 Å². The van der Waals surface area contributed by atoms with E-state index in [0.717, 1.165) is 16.3 Å². The molecule has 2 N–H and O–H groups in total. The molecule has 3 rings (SSSR count). The second-order valence-corrected chi connectivity index (χ2v) is 7.00. The van der Waals surface area contributed by atoms with Crippen LogP contribution in [0.15, 0.2) is 46.5 Å². The molecule has 5 nitrogen and oxygen atoms in total. The van der Waals surface area contributed by atoms with Crippen LogP contribution in [0, 0.1) is 0 Å². The number of benzene rings is 1. The van der Waals surface area contributed by atoms with Crippen molar-refractivity contribution in [1.29, 1.82) is 0 Å². The van der Waals surface area contributed by atoms with E-state index in [4.69, 9.17) is 0 Å². The first-order chi connectivity index (χ1) is 12.1. The number of amides is 2. The molecule has 0 unspecified atom stereocenters. The second-order valence-electron chi connectivity index (χ2n) is 5.36. The van der Waals surface area contributed by atoms with E-state index in [2.05, 4.69) is 15.6 Å². The van der Waals surface area contributed by atoms with Crippen LogP contribution in [0.4, 0.5) is 11.4 Å². The molecular weight excluding hydrogens is 354 g/mol. The number of thiophene rings is 1. The fourth-order valence-corrected chi connectivity index (χ4v) is 3.73. The molecule has 0 saturated carbocycles. The number of carbonyl (C=O) groups is 2. The Bertz CT molecular complexity index is 872. The Kier molecular flexibility index (Phi) is 5.57. The summed E-state index contributed by atoms with van der Waals surface area (Å²) in [6.45, 7) is 1.79. The number of rotatable bonds is 6. The van der Waals surface area contributed by atoms with Crippen LogP contribution in [0.3, 0.4) is 0 Å². The summed E-state index contributed by atoms with van der Waals surface area (Å²) in [5.41, 5.74) is 3.14. The van der Waals surface area contributed by atoms with Gasteiger partial charge >= 0.3 is 0 Å². The average molecular weight is 371 g/mol. The first-order valence-electron chi connectivity index (χ1n) is 7.81. The molecule has 0 aliphatic rings. The molecule has 2 aromatic heterocycles. The number of nitrogens with zero attached hydrogens (tertiary/aromatic N) is 1. The molecule has 0 aliphatic heterocycles. The SMILES string of the molecule is CCC(=O)Nc1cccc(NC(=O)Cc2csc(-c3ccsc3)n2)c1. The normalized spacial score (nSPS) is 10.4. The third-order valence-corrected chi connectivity index (χ3v) is 5.04. The predicted octanol–water partition coefficient (Wildman–Crippen LogP) is 4.40. The molecule has 0 bridgehead atoms. The van der Waals surface area contributed by atoms with Crippen molar-refractivity contribution in [3.8, 4) is 10.6 Å². The molecule has 2 amide bonds. The van der Waals surface area contributed by atoms with Gasteiger partial charge in [-0.25, -0.2) is 4.98 Å². The summed E-state index contributed by atoms with van der Waals surface area (Å²) in [5, 5.41) is 12.5. The van der Waals surface area contributed by atoms with Crippen LogP contribution in [0.1, 0.15) is 19.0 Å². The van der Waals surface area contributed by atoms with E-state index in [9.17, 15) is 9.59 Å². The van der Waals surface area contributed by atoms with Gasteiger partial charge in [-0.05, 0) is 29.6 Å². The van der Waals surface area contributed by atoms with Crippen molar-refractivity contribution in [1.82, 2.24) is 4.98 Å². The van der Waals surface area contributed by atoms with Gasteiger partial charge in [0.05, 0.1) is 12.1 Å². The first kappa shape index (κ1) is 17.3. The van der Waals surface area contributed by atoms with Crippen LogP contribution >= 0.6 is 22.7 Å². The molecule has 128 valence electrons. The quantitative estimate of drug-likeness (QED) is 0.674. The molecule has 25 heavy (non-hydrogen) atoms. The van der Waals surface area contributed by atoms with Gasteiger partial charge in [-0.15, -0.1) is 11.3 Å². The maximum absolute atomic E-state index is 12.2. The Morgan fingerprint density at radius 1 is 1.08 bits per heavy atom. The second kappa shape index (κ2) is 8.04. The van der Waals surface area contributed by atoms with Crippen molar-refractivity contribution in [2.75, 3.05) is 10.6 Å². The summed E-state index contributed by atoms with van der Waals surface area (Å²) < 4.78 is 0. The molecule has 2 heterocycles. The Balaban J connectivity index is 1.61. The van der Waals surface area contributed by atoms with E-state index in [1.165, 1.54) is 11.3 Å². The monoisotopic (exact) mass is 371 g/mol. The molecule has 0 saturated heterocycles. The van der Waals surface area contributed by atoms with Gasteiger partial charge in [0.2, 0.25) is 11.8 Å². The van der Waals surface area contributed by atoms with Gasteiger partial charge in [-0.3, -0.25) is 9.59 Å². The maximum Gasteiger partial charge on any atom is 0.230 e. The maximum atomic E-state index is 12.2. The zero-order valence-electron chi connectivity index (χ0n) is 13.6. The molecule has 0 spiro atoms. The van der Waals surface area contributed by atoms with Gasteiger partial charge < -0.3 is 10.6 Å². The highest BCUT2D eigenvalue weighted by molar-refractivity contribution is 7.14. The van der Waals surface area contributed by atoms with Gasteiger partial charge in [0.1, 0.15) is 5.01 Å². The van der Waals surface area contributed by atoms with Gasteiger partial charge in [0.15, 0.2) is 0 Å². The van der Waals surface area contributed by atoms with Gasteiger partial charge in [-0.2, -0.15) is 11.3 Å². The van der Waals surface area contributed by atoms with Crippen LogP contribution in [-0.2, 0) is 16.0 Å². The fraction of sp³-hybridized carbons (Fsp3) is 0.167. The highest BCUT2D eigenvalue weighted by Gasteiger charge is 2.10. The number of aromatic nitrogens is 1. The number of anilines is 2. The zero-order valence-corrected chi connectivity index (χ0v) is 15.2. The lowest BCUT2D eigenvalue weighted by Crippen LogP contribution is -2.15. The van der Waals surface area contributed by atoms with Crippen molar-refractivity contribution in [2.45, 2.75) is 19.8 Å². The highest BCUT2D eigenvalue weighted by atomic mass is 32.1. The molecule has 0 aliphatic carbocycles. The third-order valence-electron chi connectivity index (χ3n) is 3.41. The third kappa shape index (κ3) is 4.74.